The molecule has 0 bridgehead atoms. The second-order valence-corrected chi connectivity index (χ2v) is 2.39. The molecule has 0 aromatic heterocycles. The molecule has 1 aromatic carbocycles. The van der Waals surface area contributed by atoms with Crippen LogP contribution >= 0.6 is 0 Å². The topological polar surface area (TPSA) is 58.3 Å². The first-order chi connectivity index (χ1) is 5.29. The molecule has 0 fully saturated rings. The summed E-state index contributed by atoms with van der Waals surface area (Å²) >= 11 is 0. The Balaban J connectivity index is 3.10. The number of hydrogen-bond acceptors (Lipinski definition) is 3. The van der Waals surface area contributed by atoms with Gasteiger partial charge in [0.15, 0.2) is 0 Å². The number of hydrazine groups is 1. The number of aliphatic hydroxyl groups excluding tert-OH is 1. The van der Waals surface area contributed by atoms with Gasteiger partial charge in [0.2, 0.25) is 0 Å². The van der Waals surface area contributed by atoms with E-state index in [1.165, 1.54) is 0 Å². The lowest BCUT2D eigenvalue weighted by Gasteiger charge is -2.07. The van der Waals surface area contributed by atoms with Crippen LogP contribution in [0.15, 0.2) is 18.2 Å². The van der Waals surface area contributed by atoms with E-state index < -0.39 is 0 Å². The molecule has 0 aliphatic heterocycles. The maximum absolute atomic E-state index is 8.87. The van der Waals surface area contributed by atoms with Gasteiger partial charge in [-0.2, -0.15) is 0 Å². The summed E-state index contributed by atoms with van der Waals surface area (Å²) in [6.45, 7) is 1.97. The van der Waals surface area contributed by atoms with Crippen LogP contribution in [0.1, 0.15) is 11.1 Å². The van der Waals surface area contributed by atoms with Crippen molar-refractivity contribution in [2.24, 2.45) is 5.84 Å². The van der Waals surface area contributed by atoms with Crippen LogP contribution < -0.4 is 11.3 Å². The highest BCUT2D eigenvalue weighted by atomic mass is 16.3. The fourth-order valence-corrected chi connectivity index (χ4v) is 1.01. The maximum Gasteiger partial charge on any atom is 0.0685 e. The quantitative estimate of drug-likeness (QED) is 0.433. The van der Waals surface area contributed by atoms with Crippen LogP contribution in [0, 0.1) is 6.92 Å². The smallest absolute Gasteiger partial charge is 0.0685 e. The Hall–Kier alpha value is -1.06. The normalized spacial score (nSPS) is 9.73. The predicted molar refractivity (Wildman–Crippen MR) is 44.9 cm³/mol. The second kappa shape index (κ2) is 3.37. The highest BCUT2D eigenvalue weighted by molar-refractivity contribution is 5.52. The van der Waals surface area contributed by atoms with Gasteiger partial charge in [0.05, 0.1) is 12.3 Å². The predicted octanol–water partition coefficient (Wildman–Crippen LogP) is 0.773. The Bertz CT molecular complexity index is 226. The zero-order valence-corrected chi connectivity index (χ0v) is 6.46. The summed E-state index contributed by atoms with van der Waals surface area (Å²) in [5, 5.41) is 8.87. The fraction of sp³-hybridized carbons (Fsp3) is 0.250. The number of hydrogen-bond donors (Lipinski definition) is 3. The van der Waals surface area contributed by atoms with E-state index in [9.17, 15) is 0 Å². The zero-order chi connectivity index (χ0) is 8.27. The van der Waals surface area contributed by atoms with Crippen LogP contribution in [0.3, 0.4) is 0 Å². The number of nitrogen functional groups attached to an aromatic ring is 1. The van der Waals surface area contributed by atoms with Crippen molar-refractivity contribution in [2.45, 2.75) is 13.5 Å². The monoisotopic (exact) mass is 152 g/mol. The Kier molecular flexibility index (Phi) is 2.46. The van der Waals surface area contributed by atoms with Crippen molar-refractivity contribution in [3.8, 4) is 0 Å². The zero-order valence-electron chi connectivity index (χ0n) is 6.46. The van der Waals surface area contributed by atoms with Gasteiger partial charge in [0, 0.05) is 0 Å². The average molecular weight is 152 g/mol. The Morgan fingerprint density at radius 3 is 2.82 bits per heavy atom. The Labute approximate surface area is 65.8 Å². The lowest BCUT2D eigenvalue weighted by Crippen LogP contribution is -2.08. The third-order valence-electron chi connectivity index (χ3n) is 1.77. The van der Waals surface area contributed by atoms with Gasteiger partial charge >= 0.3 is 0 Å². The van der Waals surface area contributed by atoms with E-state index in [0.29, 0.717) is 0 Å². The summed E-state index contributed by atoms with van der Waals surface area (Å²) in [4.78, 5) is 0. The van der Waals surface area contributed by atoms with Crippen LogP contribution in [0.2, 0.25) is 0 Å². The van der Waals surface area contributed by atoms with Crippen molar-refractivity contribution in [1.29, 1.82) is 0 Å². The largest absolute Gasteiger partial charge is 0.392 e. The van der Waals surface area contributed by atoms with Gasteiger partial charge in [-0.3, -0.25) is 5.84 Å². The molecule has 1 aromatic rings. The lowest BCUT2D eigenvalue weighted by atomic mass is 10.1. The molecule has 0 amide bonds. The van der Waals surface area contributed by atoms with Gasteiger partial charge in [-0.05, 0) is 24.1 Å². The second-order valence-electron chi connectivity index (χ2n) is 2.39. The van der Waals surface area contributed by atoms with Crippen molar-refractivity contribution in [3.05, 3.63) is 29.3 Å². The molecular formula is C8H12N2O. The van der Waals surface area contributed by atoms with Gasteiger partial charge < -0.3 is 10.5 Å². The molecule has 0 saturated carbocycles. The summed E-state index contributed by atoms with van der Waals surface area (Å²) in [7, 11) is 0. The van der Waals surface area contributed by atoms with Gasteiger partial charge in [-0.15, -0.1) is 0 Å². The molecule has 0 spiro atoms. The molecule has 3 heteroatoms. The first kappa shape index (κ1) is 8.04. The number of benzene rings is 1. The van der Waals surface area contributed by atoms with E-state index in [0.717, 1.165) is 16.8 Å². The molecule has 0 saturated heterocycles. The molecule has 0 unspecified atom stereocenters. The number of rotatable bonds is 2. The molecular weight excluding hydrogens is 140 g/mol. The fourth-order valence-electron chi connectivity index (χ4n) is 1.01. The van der Waals surface area contributed by atoms with Crippen molar-refractivity contribution in [3.63, 3.8) is 0 Å². The van der Waals surface area contributed by atoms with Crippen molar-refractivity contribution in [1.82, 2.24) is 0 Å². The summed E-state index contributed by atoms with van der Waals surface area (Å²) in [5.74, 6) is 5.24. The minimum Gasteiger partial charge on any atom is -0.392 e. The summed E-state index contributed by atoms with van der Waals surface area (Å²) in [6.07, 6.45) is 0. The van der Waals surface area contributed by atoms with Gasteiger partial charge in [-0.25, -0.2) is 0 Å². The van der Waals surface area contributed by atoms with Gasteiger partial charge in [0.25, 0.3) is 0 Å². The van der Waals surface area contributed by atoms with E-state index in [2.05, 4.69) is 5.43 Å². The molecule has 11 heavy (non-hydrogen) atoms. The molecule has 0 atom stereocenters. The first-order valence-corrected chi connectivity index (χ1v) is 3.45. The molecule has 0 aliphatic rings. The highest BCUT2D eigenvalue weighted by Gasteiger charge is 1.99. The molecule has 0 heterocycles. The van der Waals surface area contributed by atoms with Crippen molar-refractivity contribution < 1.29 is 5.11 Å². The molecule has 1 rings (SSSR count). The van der Waals surface area contributed by atoms with Crippen LogP contribution in [0.4, 0.5) is 5.69 Å². The minimum atomic E-state index is 0.0569. The van der Waals surface area contributed by atoms with Crippen LogP contribution in [0.5, 0.6) is 0 Å². The third kappa shape index (κ3) is 1.50. The first-order valence-electron chi connectivity index (χ1n) is 3.45. The van der Waals surface area contributed by atoms with Crippen LogP contribution in [0.25, 0.3) is 0 Å². The van der Waals surface area contributed by atoms with E-state index in [-0.39, 0.29) is 6.61 Å². The van der Waals surface area contributed by atoms with Crippen LogP contribution in [-0.2, 0) is 6.61 Å². The SMILES string of the molecule is Cc1c(CO)cccc1NN. The number of anilines is 1. The highest BCUT2D eigenvalue weighted by Crippen LogP contribution is 2.17. The van der Waals surface area contributed by atoms with Crippen LogP contribution in [-0.4, -0.2) is 5.11 Å². The molecule has 3 nitrogen and oxygen atoms in total. The number of aliphatic hydroxyl groups is 1. The lowest BCUT2D eigenvalue weighted by molar-refractivity contribution is 0.281. The molecule has 0 aliphatic carbocycles. The molecule has 4 N–H and O–H groups in total. The number of nitrogens with two attached hydrogens (primary N) is 1. The summed E-state index contributed by atoms with van der Waals surface area (Å²) in [5.41, 5.74) is 5.32. The summed E-state index contributed by atoms with van der Waals surface area (Å²) in [6, 6.07) is 5.60. The van der Waals surface area contributed by atoms with Crippen molar-refractivity contribution >= 4 is 5.69 Å². The molecule has 0 radical (unpaired) electrons. The third-order valence-corrected chi connectivity index (χ3v) is 1.77. The van der Waals surface area contributed by atoms with Gasteiger partial charge in [-0.1, -0.05) is 12.1 Å². The Morgan fingerprint density at radius 1 is 1.55 bits per heavy atom. The molecule has 60 valence electrons. The van der Waals surface area contributed by atoms with Crippen molar-refractivity contribution in [2.75, 3.05) is 5.43 Å². The van der Waals surface area contributed by atoms with E-state index in [4.69, 9.17) is 10.9 Å². The van der Waals surface area contributed by atoms with E-state index >= 15 is 0 Å². The number of nitrogens with one attached hydrogen (secondary N) is 1. The van der Waals surface area contributed by atoms with E-state index in [1.807, 2.05) is 25.1 Å². The average Bonchev–Trinajstić information content (AvgIpc) is 2.05. The van der Waals surface area contributed by atoms with Gasteiger partial charge in [0.1, 0.15) is 0 Å². The standard InChI is InChI=1S/C8H12N2O/c1-6-7(5-11)3-2-4-8(6)10-9/h2-4,10-11H,5,9H2,1H3. The Morgan fingerprint density at radius 2 is 2.27 bits per heavy atom. The van der Waals surface area contributed by atoms with E-state index in [1.54, 1.807) is 0 Å². The minimum absolute atomic E-state index is 0.0569. The maximum atomic E-state index is 8.87. The summed E-state index contributed by atoms with van der Waals surface area (Å²) < 4.78 is 0.